The minimum atomic E-state index is 0.121. The quantitative estimate of drug-likeness (QED) is 0.676. The minimum absolute atomic E-state index is 0.121. The number of aromatic nitrogens is 3. The van der Waals surface area contributed by atoms with E-state index >= 15 is 0 Å². The third-order valence-corrected chi connectivity index (χ3v) is 8.86. The molecule has 4 aliphatic carbocycles. The normalized spacial score (nSPS) is 30.4. The summed E-state index contributed by atoms with van der Waals surface area (Å²) in [6, 6.07) is 10.6. The van der Waals surface area contributed by atoms with Crippen molar-refractivity contribution >= 4 is 17.7 Å². The third-order valence-electron chi connectivity index (χ3n) is 7.84. The largest absolute Gasteiger partial charge is 0.352 e. The Morgan fingerprint density at radius 3 is 2.40 bits per heavy atom. The lowest BCUT2D eigenvalue weighted by Gasteiger charge is -2.59. The molecular weight excluding hydrogens is 392 g/mol. The fourth-order valence-electron chi connectivity index (χ4n) is 6.68. The summed E-state index contributed by atoms with van der Waals surface area (Å²) >= 11 is 1.48. The topological polar surface area (TPSA) is 59.8 Å². The van der Waals surface area contributed by atoms with Gasteiger partial charge in [0.25, 0.3) is 0 Å². The van der Waals surface area contributed by atoms with Crippen molar-refractivity contribution in [3.05, 3.63) is 41.7 Å². The van der Waals surface area contributed by atoms with E-state index in [0.29, 0.717) is 11.2 Å². The lowest BCUT2D eigenvalue weighted by molar-refractivity contribution is -0.123. The summed E-state index contributed by atoms with van der Waals surface area (Å²) in [6.45, 7) is 2.25. The molecule has 4 aliphatic rings. The number of nitrogens with one attached hydrogen (secondary N) is 1. The summed E-state index contributed by atoms with van der Waals surface area (Å²) in [7, 11) is 1.98. The van der Waals surface area contributed by atoms with Gasteiger partial charge in [0.05, 0.1) is 5.75 Å². The van der Waals surface area contributed by atoms with Crippen LogP contribution in [0.15, 0.2) is 35.5 Å². The highest BCUT2D eigenvalue weighted by Crippen LogP contribution is 2.61. The highest BCUT2D eigenvalue weighted by atomic mass is 32.2. The molecule has 1 atom stereocenters. The average molecular weight is 425 g/mol. The van der Waals surface area contributed by atoms with Crippen LogP contribution in [0.3, 0.4) is 0 Å². The number of thioether (sulfide) groups is 1. The first-order valence-electron chi connectivity index (χ1n) is 11.3. The van der Waals surface area contributed by atoms with Gasteiger partial charge in [-0.2, -0.15) is 0 Å². The Labute approximate surface area is 183 Å². The van der Waals surface area contributed by atoms with E-state index in [1.807, 2.05) is 29.8 Å². The van der Waals surface area contributed by atoms with Crippen molar-refractivity contribution in [2.75, 3.05) is 5.75 Å². The van der Waals surface area contributed by atoms with Crippen LogP contribution >= 0.6 is 11.8 Å². The summed E-state index contributed by atoms with van der Waals surface area (Å²) in [6.07, 6.45) is 9.02. The number of carbonyl (C=O) groups is 1. The van der Waals surface area contributed by atoms with E-state index in [0.717, 1.165) is 35.2 Å². The number of carbonyl (C=O) groups excluding carboxylic acids is 1. The van der Waals surface area contributed by atoms with Gasteiger partial charge in [-0.1, -0.05) is 42.1 Å². The van der Waals surface area contributed by atoms with Crippen LogP contribution in [0.4, 0.5) is 0 Å². The van der Waals surface area contributed by atoms with E-state index < -0.39 is 0 Å². The molecule has 0 saturated heterocycles. The molecule has 30 heavy (non-hydrogen) atoms. The predicted octanol–water partition coefficient (Wildman–Crippen LogP) is 4.22. The molecule has 5 nitrogen and oxygen atoms in total. The average Bonchev–Trinajstić information content (AvgIpc) is 3.05. The van der Waals surface area contributed by atoms with Gasteiger partial charge in [-0.15, -0.1) is 10.2 Å². The van der Waals surface area contributed by atoms with Crippen LogP contribution in [0.5, 0.6) is 0 Å². The molecule has 1 aromatic heterocycles. The first kappa shape index (κ1) is 20.1. The molecule has 4 bridgehead atoms. The van der Waals surface area contributed by atoms with E-state index in [4.69, 9.17) is 0 Å². The number of nitrogens with zero attached hydrogens (tertiary/aromatic N) is 3. The van der Waals surface area contributed by atoms with Crippen LogP contribution in [-0.4, -0.2) is 32.5 Å². The standard InChI is InChI=1S/C24H32N4OS/c1-16(24-12-18-8-19(13-24)10-20(9-18)14-24)25-22(29)15-30-23-27-26-21(28(23)2)11-17-6-4-3-5-7-17/h3-7,16,18-20H,8-15H2,1-2H3,(H,25,29). The van der Waals surface area contributed by atoms with Crippen LogP contribution < -0.4 is 5.32 Å². The van der Waals surface area contributed by atoms with E-state index in [1.54, 1.807) is 0 Å². The van der Waals surface area contributed by atoms with E-state index in [9.17, 15) is 4.79 Å². The maximum Gasteiger partial charge on any atom is 0.230 e. The molecule has 1 unspecified atom stereocenters. The van der Waals surface area contributed by atoms with E-state index in [1.165, 1.54) is 55.9 Å². The van der Waals surface area contributed by atoms with Gasteiger partial charge in [0.1, 0.15) is 5.82 Å². The molecule has 160 valence electrons. The van der Waals surface area contributed by atoms with Gasteiger partial charge in [-0.05, 0) is 74.2 Å². The predicted molar refractivity (Wildman–Crippen MR) is 119 cm³/mol. The molecule has 6 heteroatoms. The second-order valence-corrected chi connectivity index (χ2v) is 10.9. The monoisotopic (exact) mass is 424 g/mol. The number of amides is 1. The molecule has 0 aliphatic heterocycles. The van der Waals surface area contributed by atoms with Gasteiger partial charge < -0.3 is 9.88 Å². The fourth-order valence-corrected chi connectivity index (χ4v) is 7.42. The second-order valence-electron chi connectivity index (χ2n) is 9.98. The molecule has 1 heterocycles. The van der Waals surface area contributed by atoms with Gasteiger partial charge >= 0.3 is 0 Å². The van der Waals surface area contributed by atoms with E-state index in [-0.39, 0.29) is 11.9 Å². The Morgan fingerprint density at radius 2 is 1.77 bits per heavy atom. The highest BCUT2D eigenvalue weighted by molar-refractivity contribution is 7.99. The summed E-state index contributed by atoms with van der Waals surface area (Å²) < 4.78 is 2.01. The van der Waals surface area contributed by atoms with Crippen molar-refractivity contribution in [1.82, 2.24) is 20.1 Å². The fraction of sp³-hybridized carbons (Fsp3) is 0.625. The Balaban J connectivity index is 1.16. The Morgan fingerprint density at radius 1 is 1.13 bits per heavy atom. The molecule has 1 aromatic carbocycles. The van der Waals surface area contributed by atoms with Gasteiger partial charge in [0.2, 0.25) is 5.91 Å². The summed E-state index contributed by atoms with van der Waals surface area (Å²) in [5, 5.41) is 12.8. The van der Waals surface area contributed by atoms with Crippen molar-refractivity contribution in [3.63, 3.8) is 0 Å². The molecular formula is C24H32N4OS. The van der Waals surface area contributed by atoms with Crippen molar-refractivity contribution in [1.29, 1.82) is 0 Å². The molecule has 1 amide bonds. The molecule has 2 aromatic rings. The van der Waals surface area contributed by atoms with E-state index in [2.05, 4.69) is 34.6 Å². The van der Waals surface area contributed by atoms with Crippen LogP contribution in [-0.2, 0) is 18.3 Å². The SMILES string of the molecule is CC(NC(=O)CSc1nnc(Cc2ccccc2)n1C)C12CC3CC(CC(C3)C1)C2. The number of rotatable bonds is 7. The van der Waals surface area contributed by atoms with Gasteiger partial charge in [-0.25, -0.2) is 0 Å². The Bertz CT molecular complexity index is 874. The molecule has 1 N–H and O–H groups in total. The van der Waals surface area contributed by atoms with Gasteiger partial charge in [0.15, 0.2) is 5.16 Å². The zero-order valence-electron chi connectivity index (χ0n) is 18.0. The Kier molecular flexibility index (Phi) is 5.38. The highest BCUT2D eigenvalue weighted by Gasteiger charge is 2.53. The lowest BCUT2D eigenvalue weighted by Crippen LogP contribution is -2.56. The van der Waals surface area contributed by atoms with Gasteiger partial charge in [-0.3, -0.25) is 4.79 Å². The van der Waals surface area contributed by atoms with Crippen molar-refractivity contribution in [2.45, 2.75) is 63.1 Å². The molecule has 6 rings (SSSR count). The maximum absolute atomic E-state index is 12.7. The van der Waals surface area contributed by atoms with Crippen molar-refractivity contribution in [3.8, 4) is 0 Å². The Hall–Kier alpha value is -1.82. The van der Waals surface area contributed by atoms with Crippen LogP contribution in [0.2, 0.25) is 0 Å². The summed E-state index contributed by atoms with van der Waals surface area (Å²) in [4.78, 5) is 12.7. The summed E-state index contributed by atoms with van der Waals surface area (Å²) in [5.74, 6) is 4.17. The van der Waals surface area contributed by atoms with Gasteiger partial charge in [0, 0.05) is 19.5 Å². The first-order valence-corrected chi connectivity index (χ1v) is 12.3. The van der Waals surface area contributed by atoms with Crippen LogP contribution in [0.1, 0.15) is 56.8 Å². The zero-order chi connectivity index (χ0) is 20.7. The van der Waals surface area contributed by atoms with Crippen molar-refractivity contribution < 1.29 is 4.79 Å². The maximum atomic E-state index is 12.7. The molecule has 4 fully saturated rings. The second kappa shape index (κ2) is 8.03. The first-order chi connectivity index (χ1) is 14.5. The number of benzene rings is 1. The number of hydrogen-bond acceptors (Lipinski definition) is 4. The minimum Gasteiger partial charge on any atom is -0.352 e. The molecule has 0 radical (unpaired) electrons. The lowest BCUT2D eigenvalue weighted by atomic mass is 9.48. The molecule has 4 saturated carbocycles. The van der Waals surface area contributed by atoms with Crippen LogP contribution in [0.25, 0.3) is 0 Å². The van der Waals surface area contributed by atoms with Crippen LogP contribution in [0, 0.1) is 23.2 Å². The zero-order valence-corrected chi connectivity index (χ0v) is 18.8. The third kappa shape index (κ3) is 3.91. The smallest absolute Gasteiger partial charge is 0.230 e. The number of hydrogen-bond donors (Lipinski definition) is 1. The summed E-state index contributed by atoms with van der Waals surface area (Å²) in [5.41, 5.74) is 1.56. The van der Waals surface area contributed by atoms with Crippen molar-refractivity contribution in [2.24, 2.45) is 30.2 Å². The molecule has 0 spiro atoms.